The van der Waals surface area contributed by atoms with Crippen molar-refractivity contribution in [2.45, 2.75) is 6.54 Å². The van der Waals surface area contributed by atoms with Gasteiger partial charge in [0.15, 0.2) is 11.5 Å². The summed E-state index contributed by atoms with van der Waals surface area (Å²) in [4.78, 5) is 13.7. The van der Waals surface area contributed by atoms with Crippen molar-refractivity contribution in [2.24, 2.45) is 0 Å². The zero-order valence-electron chi connectivity index (χ0n) is 10.9. The van der Waals surface area contributed by atoms with Gasteiger partial charge in [0.05, 0.1) is 0 Å². The molecule has 0 aliphatic heterocycles. The molecule has 0 aromatic heterocycles. The van der Waals surface area contributed by atoms with Gasteiger partial charge in [0.25, 0.3) is 5.91 Å². The third kappa shape index (κ3) is 3.03. The van der Waals surface area contributed by atoms with E-state index in [2.05, 4.69) is 0 Å². The lowest BCUT2D eigenvalue weighted by Crippen LogP contribution is -2.26. The third-order valence-electron chi connectivity index (χ3n) is 2.93. The predicted octanol–water partition coefficient (Wildman–Crippen LogP) is 3.02. The van der Waals surface area contributed by atoms with Crippen molar-refractivity contribution < 1.29 is 15.0 Å². The van der Waals surface area contributed by atoms with Crippen LogP contribution in [-0.2, 0) is 6.54 Å². The molecule has 0 saturated heterocycles. The Bertz CT molecular complexity index is 643. The number of hydrogen-bond acceptors (Lipinski definition) is 3. The van der Waals surface area contributed by atoms with Gasteiger partial charge >= 0.3 is 0 Å². The third-order valence-corrected chi connectivity index (χ3v) is 3.30. The summed E-state index contributed by atoms with van der Waals surface area (Å²) >= 11 is 6.05. The van der Waals surface area contributed by atoms with Crippen LogP contribution in [0.3, 0.4) is 0 Å². The van der Waals surface area contributed by atoms with Crippen molar-refractivity contribution in [2.75, 3.05) is 7.05 Å². The Hall–Kier alpha value is -2.20. The lowest BCUT2D eigenvalue weighted by molar-refractivity contribution is 0.0784. The number of rotatable bonds is 3. The minimum atomic E-state index is -0.318. The molecule has 1 amide bonds. The van der Waals surface area contributed by atoms with E-state index in [0.29, 0.717) is 17.1 Å². The van der Waals surface area contributed by atoms with Crippen LogP contribution >= 0.6 is 11.6 Å². The molecule has 5 heteroatoms. The molecular formula is C15H14ClNO3. The molecule has 2 N–H and O–H groups in total. The highest BCUT2D eigenvalue weighted by atomic mass is 35.5. The van der Waals surface area contributed by atoms with Crippen molar-refractivity contribution >= 4 is 17.5 Å². The highest BCUT2D eigenvalue weighted by molar-refractivity contribution is 6.31. The van der Waals surface area contributed by atoms with E-state index < -0.39 is 0 Å². The number of aromatic hydroxyl groups is 2. The van der Waals surface area contributed by atoms with Crippen molar-refractivity contribution in [1.29, 1.82) is 0 Å². The van der Waals surface area contributed by atoms with Crippen molar-refractivity contribution in [1.82, 2.24) is 4.90 Å². The first-order chi connectivity index (χ1) is 9.49. The minimum Gasteiger partial charge on any atom is -0.504 e. The first-order valence-electron chi connectivity index (χ1n) is 6.00. The summed E-state index contributed by atoms with van der Waals surface area (Å²) in [5.74, 6) is -0.836. The summed E-state index contributed by atoms with van der Waals surface area (Å²) in [6, 6.07) is 11.3. The smallest absolute Gasteiger partial charge is 0.254 e. The lowest BCUT2D eigenvalue weighted by Gasteiger charge is -2.18. The number of nitrogens with zero attached hydrogens (tertiary/aromatic N) is 1. The molecule has 0 aliphatic rings. The predicted molar refractivity (Wildman–Crippen MR) is 77.0 cm³/mol. The van der Waals surface area contributed by atoms with Crippen LogP contribution in [0.1, 0.15) is 15.9 Å². The molecule has 4 nitrogen and oxygen atoms in total. The SMILES string of the molecule is CN(Cc1ccccc1Cl)C(=O)c1ccc(O)c(O)c1. The van der Waals surface area contributed by atoms with Crippen LogP contribution in [0.5, 0.6) is 11.5 Å². The second kappa shape index (κ2) is 5.84. The molecule has 0 aliphatic carbocycles. The molecule has 0 spiro atoms. The Morgan fingerprint density at radius 2 is 1.85 bits per heavy atom. The molecule has 2 aromatic carbocycles. The number of benzene rings is 2. The summed E-state index contributed by atoms with van der Waals surface area (Å²) in [6.07, 6.45) is 0. The van der Waals surface area contributed by atoms with Gasteiger partial charge in [0.1, 0.15) is 0 Å². The van der Waals surface area contributed by atoms with Crippen LogP contribution in [0.4, 0.5) is 0 Å². The Balaban J connectivity index is 2.16. The normalized spacial score (nSPS) is 10.3. The molecule has 2 aromatic rings. The average Bonchev–Trinajstić information content (AvgIpc) is 2.43. The second-order valence-electron chi connectivity index (χ2n) is 4.46. The Labute approximate surface area is 121 Å². The van der Waals surface area contributed by atoms with Gasteiger partial charge in [-0.15, -0.1) is 0 Å². The fourth-order valence-corrected chi connectivity index (χ4v) is 2.03. The molecule has 0 unspecified atom stereocenters. The van der Waals surface area contributed by atoms with Gasteiger partial charge in [-0.3, -0.25) is 4.79 Å². The van der Waals surface area contributed by atoms with Gasteiger partial charge in [0, 0.05) is 24.2 Å². The molecule has 104 valence electrons. The number of amides is 1. The molecule has 20 heavy (non-hydrogen) atoms. The number of phenolic OH excluding ortho intramolecular Hbond substituents is 2. The average molecular weight is 292 g/mol. The summed E-state index contributed by atoms with van der Waals surface area (Å²) in [5, 5.41) is 19.3. The van der Waals surface area contributed by atoms with Gasteiger partial charge in [-0.25, -0.2) is 0 Å². The van der Waals surface area contributed by atoms with E-state index in [1.165, 1.54) is 23.1 Å². The van der Waals surface area contributed by atoms with Crippen LogP contribution in [0.25, 0.3) is 0 Å². The van der Waals surface area contributed by atoms with E-state index in [4.69, 9.17) is 11.6 Å². The van der Waals surface area contributed by atoms with E-state index in [1.807, 2.05) is 18.2 Å². The summed E-state index contributed by atoms with van der Waals surface area (Å²) in [6.45, 7) is 0.361. The Morgan fingerprint density at radius 3 is 2.50 bits per heavy atom. The van der Waals surface area contributed by atoms with Gasteiger partial charge in [0.2, 0.25) is 0 Å². The van der Waals surface area contributed by atoms with E-state index in [0.717, 1.165) is 5.56 Å². The van der Waals surface area contributed by atoms with Crippen LogP contribution in [0, 0.1) is 0 Å². The summed E-state index contributed by atoms with van der Waals surface area (Å²) < 4.78 is 0. The van der Waals surface area contributed by atoms with E-state index in [1.54, 1.807) is 13.1 Å². The number of hydrogen-bond donors (Lipinski definition) is 2. The zero-order chi connectivity index (χ0) is 14.7. The van der Waals surface area contributed by atoms with Crippen LogP contribution < -0.4 is 0 Å². The summed E-state index contributed by atoms with van der Waals surface area (Å²) in [5.41, 5.74) is 1.14. The number of carbonyl (C=O) groups excluding carboxylic acids is 1. The van der Waals surface area contributed by atoms with Crippen molar-refractivity contribution in [3.05, 3.63) is 58.6 Å². The number of phenols is 2. The fourth-order valence-electron chi connectivity index (χ4n) is 1.83. The Kier molecular flexibility index (Phi) is 4.15. The highest BCUT2D eigenvalue weighted by Crippen LogP contribution is 2.25. The van der Waals surface area contributed by atoms with Gasteiger partial charge in [-0.1, -0.05) is 29.8 Å². The minimum absolute atomic E-state index is 0.254. The monoisotopic (exact) mass is 291 g/mol. The zero-order valence-corrected chi connectivity index (χ0v) is 11.6. The molecule has 0 radical (unpaired) electrons. The van der Waals surface area contributed by atoms with E-state index >= 15 is 0 Å². The fraction of sp³-hybridized carbons (Fsp3) is 0.133. The molecule has 0 saturated carbocycles. The highest BCUT2D eigenvalue weighted by Gasteiger charge is 2.14. The van der Waals surface area contributed by atoms with Gasteiger partial charge < -0.3 is 15.1 Å². The molecule has 0 bridgehead atoms. The maximum Gasteiger partial charge on any atom is 0.254 e. The molecule has 0 fully saturated rings. The van der Waals surface area contributed by atoms with E-state index in [9.17, 15) is 15.0 Å². The van der Waals surface area contributed by atoms with Gasteiger partial charge in [-0.05, 0) is 29.8 Å². The number of carbonyl (C=O) groups is 1. The van der Waals surface area contributed by atoms with Crippen LogP contribution in [0.2, 0.25) is 5.02 Å². The quantitative estimate of drug-likeness (QED) is 0.855. The molecule has 0 heterocycles. The van der Waals surface area contributed by atoms with Crippen molar-refractivity contribution in [3.63, 3.8) is 0 Å². The van der Waals surface area contributed by atoms with Crippen molar-refractivity contribution in [3.8, 4) is 11.5 Å². The topological polar surface area (TPSA) is 60.8 Å². The Morgan fingerprint density at radius 1 is 1.15 bits per heavy atom. The van der Waals surface area contributed by atoms with E-state index in [-0.39, 0.29) is 17.4 Å². The maximum atomic E-state index is 12.2. The molecular weight excluding hydrogens is 278 g/mol. The van der Waals surface area contributed by atoms with Gasteiger partial charge in [-0.2, -0.15) is 0 Å². The molecule has 2 rings (SSSR count). The largest absolute Gasteiger partial charge is 0.504 e. The lowest BCUT2D eigenvalue weighted by atomic mass is 10.1. The summed E-state index contributed by atoms with van der Waals surface area (Å²) in [7, 11) is 1.65. The maximum absolute atomic E-state index is 12.2. The number of halogens is 1. The van der Waals surface area contributed by atoms with Crippen LogP contribution in [-0.4, -0.2) is 28.1 Å². The molecule has 0 atom stereocenters. The first kappa shape index (κ1) is 14.2. The van der Waals surface area contributed by atoms with Crippen LogP contribution in [0.15, 0.2) is 42.5 Å². The first-order valence-corrected chi connectivity index (χ1v) is 6.37. The second-order valence-corrected chi connectivity index (χ2v) is 4.86. The standard InChI is InChI=1S/C15H14ClNO3/c1-17(9-11-4-2-3-5-12(11)16)15(20)10-6-7-13(18)14(19)8-10/h2-8,18-19H,9H2,1H3.